The average Bonchev–Trinajstić information content (AvgIpc) is 3.44. The Labute approximate surface area is 192 Å². The second-order valence-electron chi connectivity index (χ2n) is 8.99. The molecule has 2 aliphatic carbocycles. The molecule has 1 heterocycles. The maximum Gasteiger partial charge on any atom is 0.148 e. The summed E-state index contributed by atoms with van der Waals surface area (Å²) in [5.41, 5.74) is 6.85. The Hall–Kier alpha value is -2.18. The van der Waals surface area contributed by atoms with E-state index in [0.717, 1.165) is 79.3 Å². The third-order valence-corrected chi connectivity index (χ3v) is 7.07. The van der Waals surface area contributed by atoms with E-state index in [9.17, 15) is 0 Å². The highest BCUT2D eigenvalue weighted by molar-refractivity contribution is 5.72. The number of anilines is 1. The lowest BCUT2D eigenvalue weighted by molar-refractivity contribution is 0.0947. The molecule has 3 atom stereocenters. The van der Waals surface area contributed by atoms with Crippen LogP contribution in [0.2, 0.25) is 0 Å². The number of aromatic nitrogens is 2. The van der Waals surface area contributed by atoms with Crippen molar-refractivity contribution < 1.29 is 14.2 Å². The molecule has 0 saturated heterocycles. The number of aryl methyl sites for hydroxylation is 4. The third-order valence-electron chi connectivity index (χ3n) is 7.07. The normalized spacial score (nSPS) is 22.2. The van der Waals surface area contributed by atoms with Gasteiger partial charge in [-0.25, -0.2) is 9.97 Å². The maximum absolute atomic E-state index is 5.79. The molecule has 0 spiro atoms. The molecule has 6 heteroatoms. The maximum atomic E-state index is 5.79. The van der Waals surface area contributed by atoms with Crippen LogP contribution in [0.1, 0.15) is 55.6 Å². The zero-order valence-electron chi connectivity index (χ0n) is 20.2. The molecule has 0 bridgehead atoms. The summed E-state index contributed by atoms with van der Waals surface area (Å²) >= 11 is 0. The van der Waals surface area contributed by atoms with Gasteiger partial charge >= 0.3 is 0 Å². The number of hydrogen-bond donors (Lipinski definition) is 1. The van der Waals surface area contributed by atoms with Gasteiger partial charge < -0.3 is 19.5 Å². The topological polar surface area (TPSA) is 65.5 Å². The molecule has 32 heavy (non-hydrogen) atoms. The van der Waals surface area contributed by atoms with Gasteiger partial charge in [0.05, 0.1) is 36.9 Å². The van der Waals surface area contributed by atoms with Gasteiger partial charge in [0.15, 0.2) is 0 Å². The van der Waals surface area contributed by atoms with Crippen molar-refractivity contribution in [2.45, 2.75) is 70.9 Å². The summed E-state index contributed by atoms with van der Waals surface area (Å²) in [6.07, 6.45) is 7.32. The summed E-state index contributed by atoms with van der Waals surface area (Å²) in [7, 11) is 5.31. The average molecular weight is 440 g/mol. The molecule has 1 saturated carbocycles. The van der Waals surface area contributed by atoms with E-state index in [2.05, 4.69) is 31.3 Å². The van der Waals surface area contributed by atoms with E-state index < -0.39 is 0 Å². The van der Waals surface area contributed by atoms with Gasteiger partial charge in [0, 0.05) is 31.7 Å². The fourth-order valence-electron chi connectivity index (χ4n) is 5.30. The second kappa shape index (κ2) is 10.2. The predicted octanol–water partition coefficient (Wildman–Crippen LogP) is 4.62. The Morgan fingerprint density at radius 3 is 2.38 bits per heavy atom. The first-order valence-electron chi connectivity index (χ1n) is 12.0. The van der Waals surface area contributed by atoms with Crippen molar-refractivity contribution in [1.82, 2.24) is 9.97 Å². The van der Waals surface area contributed by atoms with Gasteiger partial charge in [0.1, 0.15) is 11.6 Å². The van der Waals surface area contributed by atoms with Crippen LogP contribution < -0.4 is 10.1 Å². The lowest BCUT2D eigenvalue weighted by atomic mass is 10.00. The van der Waals surface area contributed by atoms with Crippen LogP contribution >= 0.6 is 0 Å². The molecule has 1 N–H and O–H groups in total. The SMILES string of the molecule is CCc1nc(-c2cc3c(cc2OC)CCC3)c(CC)nc1NC1C[C@H](OC)C[C@H]1COC. The van der Waals surface area contributed by atoms with Crippen molar-refractivity contribution >= 4 is 5.82 Å². The highest BCUT2D eigenvalue weighted by Gasteiger charge is 2.35. The van der Waals surface area contributed by atoms with Gasteiger partial charge in [-0.15, -0.1) is 0 Å². The first kappa shape index (κ1) is 23.0. The number of fused-ring (bicyclic) bond motifs is 1. The number of benzene rings is 1. The van der Waals surface area contributed by atoms with Crippen LogP contribution in [0.25, 0.3) is 11.3 Å². The van der Waals surface area contributed by atoms with Crippen LogP contribution in [-0.2, 0) is 35.2 Å². The lowest BCUT2D eigenvalue weighted by Crippen LogP contribution is -2.28. The van der Waals surface area contributed by atoms with E-state index in [-0.39, 0.29) is 12.1 Å². The molecule has 1 unspecified atom stereocenters. The first-order chi connectivity index (χ1) is 15.6. The molecule has 2 aromatic rings. The number of rotatable bonds is 9. The summed E-state index contributed by atoms with van der Waals surface area (Å²) in [5, 5.41) is 3.72. The van der Waals surface area contributed by atoms with Crippen molar-refractivity contribution in [2.75, 3.05) is 33.3 Å². The van der Waals surface area contributed by atoms with Crippen LogP contribution in [-0.4, -0.2) is 50.1 Å². The standard InChI is InChI=1S/C26H37N3O3/c1-6-21-25(20-12-16-9-8-10-17(16)13-24(20)32-5)27-22(7-2)26(28-21)29-23-14-19(31-4)11-18(23)15-30-3/h12-13,18-19,23H,6-11,14-15H2,1-5H3,(H,28,29)/t18-,19+,23?/m0/s1. The number of methoxy groups -OCH3 is 3. The summed E-state index contributed by atoms with van der Waals surface area (Å²) in [6.45, 7) is 5.01. The zero-order valence-corrected chi connectivity index (χ0v) is 20.2. The van der Waals surface area contributed by atoms with Crippen LogP contribution in [0, 0.1) is 5.92 Å². The quantitative estimate of drug-likeness (QED) is 0.615. The number of ether oxygens (including phenoxy) is 3. The van der Waals surface area contributed by atoms with Crippen molar-refractivity contribution in [3.05, 3.63) is 34.6 Å². The molecule has 4 rings (SSSR count). The molecule has 1 aromatic carbocycles. The van der Waals surface area contributed by atoms with Crippen LogP contribution in [0.5, 0.6) is 5.75 Å². The van der Waals surface area contributed by atoms with Crippen molar-refractivity contribution in [3.63, 3.8) is 0 Å². The number of nitrogens with one attached hydrogen (secondary N) is 1. The fourth-order valence-corrected chi connectivity index (χ4v) is 5.30. The van der Waals surface area contributed by atoms with Gasteiger partial charge in [0.2, 0.25) is 0 Å². The van der Waals surface area contributed by atoms with Gasteiger partial charge in [-0.2, -0.15) is 0 Å². The Morgan fingerprint density at radius 1 is 0.969 bits per heavy atom. The molecular weight excluding hydrogens is 402 g/mol. The Kier molecular flexibility index (Phi) is 7.31. The molecule has 2 aliphatic rings. The minimum Gasteiger partial charge on any atom is -0.496 e. The van der Waals surface area contributed by atoms with Crippen molar-refractivity contribution in [1.29, 1.82) is 0 Å². The Bertz CT molecular complexity index is 946. The highest BCUT2D eigenvalue weighted by atomic mass is 16.5. The molecule has 0 radical (unpaired) electrons. The summed E-state index contributed by atoms with van der Waals surface area (Å²) in [6, 6.07) is 4.76. The van der Waals surface area contributed by atoms with Gasteiger partial charge in [-0.1, -0.05) is 13.8 Å². The number of hydrogen-bond acceptors (Lipinski definition) is 6. The molecular formula is C26H37N3O3. The minimum absolute atomic E-state index is 0.256. The predicted molar refractivity (Wildman–Crippen MR) is 128 cm³/mol. The third kappa shape index (κ3) is 4.48. The highest BCUT2D eigenvalue weighted by Crippen LogP contribution is 2.38. The molecule has 0 aliphatic heterocycles. The summed E-state index contributed by atoms with van der Waals surface area (Å²) in [5.74, 6) is 2.20. The van der Waals surface area contributed by atoms with E-state index in [1.165, 1.54) is 17.5 Å². The largest absolute Gasteiger partial charge is 0.496 e. The smallest absolute Gasteiger partial charge is 0.148 e. The van der Waals surface area contributed by atoms with Crippen molar-refractivity contribution in [2.24, 2.45) is 5.92 Å². The Morgan fingerprint density at radius 2 is 1.72 bits per heavy atom. The second-order valence-corrected chi connectivity index (χ2v) is 8.99. The van der Waals surface area contributed by atoms with E-state index in [1.807, 2.05) is 0 Å². The molecule has 174 valence electrons. The van der Waals surface area contributed by atoms with Gasteiger partial charge in [-0.3, -0.25) is 0 Å². The van der Waals surface area contributed by atoms with E-state index in [0.29, 0.717) is 5.92 Å². The molecule has 6 nitrogen and oxygen atoms in total. The number of nitrogens with zero attached hydrogens (tertiary/aromatic N) is 2. The van der Waals surface area contributed by atoms with Crippen LogP contribution in [0.4, 0.5) is 5.82 Å². The van der Waals surface area contributed by atoms with E-state index in [1.54, 1.807) is 21.3 Å². The van der Waals surface area contributed by atoms with Crippen molar-refractivity contribution in [3.8, 4) is 17.0 Å². The molecule has 1 aromatic heterocycles. The summed E-state index contributed by atoms with van der Waals surface area (Å²) < 4.78 is 16.9. The zero-order chi connectivity index (χ0) is 22.7. The van der Waals surface area contributed by atoms with Crippen LogP contribution in [0.15, 0.2) is 12.1 Å². The first-order valence-corrected chi connectivity index (χ1v) is 12.0. The monoisotopic (exact) mass is 439 g/mol. The van der Waals surface area contributed by atoms with Gasteiger partial charge in [0.25, 0.3) is 0 Å². The van der Waals surface area contributed by atoms with Crippen LogP contribution in [0.3, 0.4) is 0 Å². The van der Waals surface area contributed by atoms with E-state index >= 15 is 0 Å². The summed E-state index contributed by atoms with van der Waals surface area (Å²) in [4.78, 5) is 10.3. The Balaban J connectivity index is 1.71. The molecule has 0 amide bonds. The molecule has 1 fully saturated rings. The van der Waals surface area contributed by atoms with Gasteiger partial charge in [-0.05, 0) is 68.2 Å². The minimum atomic E-state index is 0.256. The fraction of sp³-hybridized carbons (Fsp3) is 0.615. The lowest BCUT2D eigenvalue weighted by Gasteiger charge is -2.23. The van der Waals surface area contributed by atoms with E-state index in [4.69, 9.17) is 24.2 Å².